The Hall–Kier alpha value is -4.08. The van der Waals surface area contributed by atoms with Gasteiger partial charge < -0.3 is 5.32 Å². The number of carbonyl (C=O) groups is 1. The number of hydrogen-bond donors (Lipinski definition) is 1. The second kappa shape index (κ2) is 9.19. The van der Waals surface area contributed by atoms with Crippen LogP contribution in [0, 0.1) is 12.7 Å². The third kappa shape index (κ3) is 4.45. The molecule has 0 aliphatic carbocycles. The zero-order valence-electron chi connectivity index (χ0n) is 18.1. The molecule has 0 atom stereocenters. The summed E-state index contributed by atoms with van der Waals surface area (Å²) in [5.41, 5.74) is 2.10. The highest BCUT2D eigenvalue weighted by Gasteiger charge is 2.18. The average molecular weight is 452 g/mol. The summed E-state index contributed by atoms with van der Waals surface area (Å²) in [7, 11) is 1.57. The number of hydrogen-bond acceptors (Lipinski definition) is 5. The van der Waals surface area contributed by atoms with Crippen LogP contribution < -0.4 is 16.0 Å². The number of aromatic nitrogens is 4. The highest BCUT2D eigenvalue weighted by molar-refractivity contribution is 5.81. The number of benzene rings is 2. The van der Waals surface area contributed by atoms with Crippen molar-refractivity contribution in [3.05, 3.63) is 88.0 Å². The van der Waals surface area contributed by atoms with Crippen molar-refractivity contribution in [2.45, 2.75) is 19.8 Å². The molecule has 0 bridgehead atoms. The number of amides is 1. The number of anilines is 1. The van der Waals surface area contributed by atoms with Crippen LogP contribution in [-0.2, 0) is 17.6 Å². The standard InChI is InChI=1S/C23H22F2N6O2/c1-15-13-27-22(29(25)10-9-17-5-3-4-6-18(17)24)23(33)31(15)30-14-28-19-11-16(7-8-20(19)30)12-21(32)26-2/h3-8,11,13-14H,9-10,12H2,1-2H3,(H,26,32). The van der Waals surface area contributed by atoms with E-state index < -0.39 is 17.2 Å². The van der Waals surface area contributed by atoms with Crippen LogP contribution in [0.25, 0.3) is 11.0 Å². The van der Waals surface area contributed by atoms with E-state index in [1.165, 1.54) is 27.9 Å². The fraction of sp³-hybridized carbons (Fsp3) is 0.217. The van der Waals surface area contributed by atoms with Crippen LogP contribution in [0.5, 0.6) is 0 Å². The Kier molecular flexibility index (Phi) is 6.16. The van der Waals surface area contributed by atoms with E-state index in [0.29, 0.717) is 22.3 Å². The molecule has 2 heterocycles. The largest absolute Gasteiger partial charge is 0.359 e. The lowest BCUT2D eigenvalue weighted by molar-refractivity contribution is -0.119. The van der Waals surface area contributed by atoms with Crippen molar-refractivity contribution in [1.82, 2.24) is 24.6 Å². The van der Waals surface area contributed by atoms with Gasteiger partial charge in [0.25, 0.3) is 0 Å². The minimum absolute atomic E-state index is 0.0697. The molecule has 8 nitrogen and oxygen atoms in total. The Bertz CT molecular complexity index is 1380. The highest BCUT2D eigenvalue weighted by atomic mass is 19.2. The van der Waals surface area contributed by atoms with Crippen LogP contribution in [0.1, 0.15) is 16.8 Å². The van der Waals surface area contributed by atoms with Gasteiger partial charge in [0.05, 0.1) is 35.9 Å². The van der Waals surface area contributed by atoms with Crippen LogP contribution in [0.2, 0.25) is 0 Å². The van der Waals surface area contributed by atoms with Crippen molar-refractivity contribution < 1.29 is 13.7 Å². The van der Waals surface area contributed by atoms with Gasteiger partial charge in [0.1, 0.15) is 12.1 Å². The number of nitrogens with zero attached hydrogens (tertiary/aromatic N) is 5. The second-order valence-corrected chi connectivity index (χ2v) is 7.53. The summed E-state index contributed by atoms with van der Waals surface area (Å²) in [6, 6.07) is 11.4. The summed E-state index contributed by atoms with van der Waals surface area (Å²) in [6.07, 6.45) is 3.11. The monoisotopic (exact) mass is 452 g/mol. The molecule has 0 saturated carbocycles. The van der Waals surface area contributed by atoms with Gasteiger partial charge in [-0.2, -0.15) is 5.12 Å². The topological polar surface area (TPSA) is 85.1 Å². The fourth-order valence-electron chi connectivity index (χ4n) is 3.57. The number of imidazole rings is 1. The van der Waals surface area contributed by atoms with E-state index in [9.17, 15) is 18.5 Å². The molecule has 4 aromatic rings. The summed E-state index contributed by atoms with van der Waals surface area (Å²) in [6.45, 7) is 1.44. The van der Waals surface area contributed by atoms with Crippen LogP contribution in [0.3, 0.4) is 0 Å². The quantitative estimate of drug-likeness (QED) is 0.436. The number of aryl methyl sites for hydroxylation is 1. The first kappa shape index (κ1) is 22.1. The van der Waals surface area contributed by atoms with Gasteiger partial charge in [-0.3, -0.25) is 9.59 Å². The molecule has 0 fully saturated rings. The summed E-state index contributed by atoms with van der Waals surface area (Å²) in [5, 5.41) is 2.80. The molecule has 4 rings (SSSR count). The maximum atomic E-state index is 14.9. The van der Waals surface area contributed by atoms with Crippen LogP contribution in [-0.4, -0.2) is 38.8 Å². The van der Waals surface area contributed by atoms with Gasteiger partial charge in [0, 0.05) is 7.05 Å². The molecule has 0 aliphatic rings. The first-order valence-corrected chi connectivity index (χ1v) is 10.3. The molecule has 0 aliphatic heterocycles. The summed E-state index contributed by atoms with van der Waals surface area (Å²) in [5.74, 6) is -0.964. The molecular weight excluding hydrogens is 430 g/mol. The molecule has 0 spiro atoms. The lowest BCUT2D eigenvalue weighted by Gasteiger charge is -2.17. The predicted octanol–water partition coefficient (Wildman–Crippen LogP) is 2.57. The second-order valence-electron chi connectivity index (χ2n) is 7.53. The molecule has 2 aromatic heterocycles. The number of carbonyl (C=O) groups excluding carboxylic acids is 1. The Balaban J connectivity index is 1.65. The first-order valence-electron chi connectivity index (χ1n) is 10.3. The predicted molar refractivity (Wildman–Crippen MR) is 120 cm³/mol. The molecule has 1 amide bonds. The molecule has 0 saturated heterocycles. The van der Waals surface area contributed by atoms with Gasteiger partial charge in [-0.15, -0.1) is 0 Å². The minimum atomic E-state index is -0.681. The van der Waals surface area contributed by atoms with E-state index in [1.807, 2.05) is 0 Å². The number of halogens is 2. The molecule has 2 aromatic carbocycles. The van der Waals surface area contributed by atoms with Crippen molar-refractivity contribution >= 4 is 22.8 Å². The summed E-state index contributed by atoms with van der Waals surface area (Å²) >= 11 is 0. The number of rotatable bonds is 7. The van der Waals surface area contributed by atoms with Crippen LogP contribution in [0.15, 0.2) is 59.8 Å². The highest BCUT2D eigenvalue weighted by Crippen LogP contribution is 2.17. The van der Waals surface area contributed by atoms with Gasteiger partial charge in [0.2, 0.25) is 11.7 Å². The summed E-state index contributed by atoms with van der Waals surface area (Å²) in [4.78, 5) is 33.1. The van der Waals surface area contributed by atoms with Crippen LogP contribution >= 0.6 is 0 Å². The van der Waals surface area contributed by atoms with E-state index >= 15 is 0 Å². The lowest BCUT2D eigenvalue weighted by Crippen LogP contribution is -2.34. The minimum Gasteiger partial charge on any atom is -0.359 e. The Morgan fingerprint density at radius 2 is 1.97 bits per heavy atom. The summed E-state index contributed by atoms with van der Waals surface area (Å²) < 4.78 is 31.5. The van der Waals surface area contributed by atoms with Gasteiger partial charge >= 0.3 is 5.56 Å². The Morgan fingerprint density at radius 1 is 1.18 bits per heavy atom. The normalized spacial score (nSPS) is 11.0. The third-order valence-electron chi connectivity index (χ3n) is 5.31. The van der Waals surface area contributed by atoms with Crippen molar-refractivity contribution in [3.8, 4) is 0 Å². The number of likely N-dealkylation sites (N-methyl/N-ethyl adjacent to an activating group) is 1. The first-order chi connectivity index (χ1) is 15.9. The van der Waals surface area contributed by atoms with E-state index in [1.54, 1.807) is 50.4 Å². The number of nitrogens with one attached hydrogen (secondary N) is 1. The smallest absolute Gasteiger partial charge is 0.315 e. The Morgan fingerprint density at radius 3 is 2.73 bits per heavy atom. The lowest BCUT2D eigenvalue weighted by atomic mass is 10.1. The molecular formula is C23H22F2N6O2. The molecule has 0 radical (unpaired) electrons. The molecule has 33 heavy (non-hydrogen) atoms. The van der Waals surface area contributed by atoms with Crippen molar-refractivity contribution in [2.24, 2.45) is 0 Å². The maximum absolute atomic E-state index is 14.9. The zero-order valence-corrected chi connectivity index (χ0v) is 18.1. The molecule has 10 heteroatoms. The maximum Gasteiger partial charge on any atom is 0.315 e. The molecule has 0 unspecified atom stereocenters. The third-order valence-corrected chi connectivity index (χ3v) is 5.31. The molecule has 170 valence electrons. The van der Waals surface area contributed by atoms with Gasteiger partial charge in [-0.25, -0.2) is 23.7 Å². The van der Waals surface area contributed by atoms with E-state index in [2.05, 4.69) is 15.3 Å². The van der Waals surface area contributed by atoms with Crippen LogP contribution in [0.4, 0.5) is 14.7 Å². The molecule has 1 N–H and O–H groups in total. The van der Waals surface area contributed by atoms with E-state index in [4.69, 9.17) is 0 Å². The fourth-order valence-corrected chi connectivity index (χ4v) is 3.57. The SMILES string of the molecule is CNC(=O)Cc1ccc2c(c1)ncn2-n1c(C)cnc(N(F)CCc2ccccc2F)c1=O. The van der Waals surface area contributed by atoms with Crippen molar-refractivity contribution in [3.63, 3.8) is 0 Å². The van der Waals surface area contributed by atoms with Gasteiger partial charge in [0.15, 0.2) is 0 Å². The van der Waals surface area contributed by atoms with E-state index in [0.717, 1.165) is 5.56 Å². The average Bonchev–Trinajstić information content (AvgIpc) is 3.21. The van der Waals surface area contributed by atoms with Gasteiger partial charge in [-0.1, -0.05) is 28.7 Å². The number of fused-ring (bicyclic) bond motifs is 1. The van der Waals surface area contributed by atoms with Crippen molar-refractivity contribution in [2.75, 3.05) is 18.7 Å². The zero-order chi connectivity index (χ0) is 23.5. The van der Waals surface area contributed by atoms with E-state index in [-0.39, 0.29) is 30.4 Å². The Labute approximate surface area is 188 Å². The van der Waals surface area contributed by atoms with Crippen molar-refractivity contribution in [1.29, 1.82) is 0 Å². The van der Waals surface area contributed by atoms with Gasteiger partial charge in [-0.05, 0) is 42.7 Å².